The van der Waals surface area contributed by atoms with E-state index in [0.29, 0.717) is 6.42 Å². The van der Waals surface area contributed by atoms with Crippen molar-refractivity contribution in [2.75, 3.05) is 13.1 Å². The summed E-state index contributed by atoms with van der Waals surface area (Å²) in [4.78, 5) is 24.0. The number of halogens is 1. The zero-order valence-corrected chi connectivity index (χ0v) is 11.8. The van der Waals surface area contributed by atoms with Gasteiger partial charge in [0, 0.05) is 11.1 Å². The van der Waals surface area contributed by atoms with E-state index >= 15 is 0 Å². The first-order valence-electron chi connectivity index (χ1n) is 6.32. The second-order valence-corrected chi connectivity index (χ2v) is 5.49. The minimum atomic E-state index is -0.856. The Labute approximate surface area is 121 Å². The summed E-state index contributed by atoms with van der Waals surface area (Å²) >= 11 is 5.71. The Bertz CT molecular complexity index is 555. The van der Waals surface area contributed by atoms with Crippen LogP contribution in [0.2, 0.25) is 5.02 Å². The van der Waals surface area contributed by atoms with E-state index in [-0.39, 0.29) is 29.4 Å². The molecule has 1 N–H and O–H groups in total. The van der Waals surface area contributed by atoms with E-state index in [1.807, 2.05) is 6.92 Å². The highest BCUT2D eigenvalue weighted by molar-refractivity contribution is 6.31. The van der Waals surface area contributed by atoms with Crippen LogP contribution >= 0.6 is 11.6 Å². The molecule has 0 unspecified atom stereocenters. The van der Waals surface area contributed by atoms with Crippen LogP contribution in [0.25, 0.3) is 0 Å². The van der Waals surface area contributed by atoms with Gasteiger partial charge < -0.3 is 10.0 Å². The molecule has 2 rings (SSSR count). The molecule has 0 saturated carbocycles. The van der Waals surface area contributed by atoms with Crippen LogP contribution in [0.1, 0.15) is 30.1 Å². The Morgan fingerprint density at radius 1 is 1.55 bits per heavy atom. The summed E-state index contributed by atoms with van der Waals surface area (Å²) in [6.07, 6.45) is 1.43. The second-order valence-electron chi connectivity index (χ2n) is 5.05. The van der Waals surface area contributed by atoms with Gasteiger partial charge in [-0.15, -0.1) is 0 Å². The molecule has 1 aromatic carbocycles. The van der Waals surface area contributed by atoms with Gasteiger partial charge in [-0.05, 0) is 18.6 Å². The molecule has 1 aliphatic rings. The minimum Gasteiger partial charge on any atom is -0.386 e. The van der Waals surface area contributed by atoms with Crippen LogP contribution in [0, 0.1) is 10.1 Å². The van der Waals surface area contributed by atoms with Crippen LogP contribution in [0.3, 0.4) is 0 Å². The number of aliphatic hydroxyl groups is 1. The highest BCUT2D eigenvalue weighted by atomic mass is 35.5. The summed E-state index contributed by atoms with van der Waals surface area (Å²) < 4.78 is 0. The normalized spacial score (nSPS) is 16.6. The molecule has 1 aromatic rings. The van der Waals surface area contributed by atoms with Crippen LogP contribution in [-0.2, 0) is 0 Å². The summed E-state index contributed by atoms with van der Waals surface area (Å²) in [5.41, 5.74) is -1.17. The van der Waals surface area contributed by atoms with Gasteiger partial charge in [0.05, 0.1) is 23.6 Å². The van der Waals surface area contributed by atoms with Crippen LogP contribution in [0.15, 0.2) is 18.2 Å². The van der Waals surface area contributed by atoms with Gasteiger partial charge in [0.15, 0.2) is 0 Å². The molecule has 20 heavy (non-hydrogen) atoms. The molecule has 0 atom stereocenters. The average molecular weight is 299 g/mol. The third-order valence-electron chi connectivity index (χ3n) is 3.36. The van der Waals surface area contributed by atoms with Crippen LogP contribution in [0.4, 0.5) is 5.69 Å². The molecule has 6 nitrogen and oxygen atoms in total. The molecule has 0 aromatic heterocycles. The van der Waals surface area contributed by atoms with Crippen molar-refractivity contribution in [1.29, 1.82) is 0 Å². The topological polar surface area (TPSA) is 83.7 Å². The Balaban J connectivity index is 2.18. The molecule has 0 aliphatic carbocycles. The van der Waals surface area contributed by atoms with Crippen molar-refractivity contribution in [3.63, 3.8) is 0 Å². The maximum absolute atomic E-state index is 12.2. The fourth-order valence-electron chi connectivity index (χ4n) is 2.44. The molecule has 7 heteroatoms. The fourth-order valence-corrected chi connectivity index (χ4v) is 2.60. The van der Waals surface area contributed by atoms with E-state index < -0.39 is 16.4 Å². The zero-order chi connectivity index (χ0) is 14.9. The number of benzene rings is 1. The number of β-amino-alcohol motifs (C(OH)–C–C–N with tert-alkyl or cyclic N) is 1. The van der Waals surface area contributed by atoms with Crippen molar-refractivity contribution >= 4 is 23.2 Å². The van der Waals surface area contributed by atoms with Crippen LogP contribution in [-0.4, -0.2) is 39.5 Å². The number of likely N-dealkylation sites (tertiary alicyclic amines) is 1. The summed E-state index contributed by atoms with van der Waals surface area (Å²) in [5.74, 6) is -0.450. The van der Waals surface area contributed by atoms with Crippen molar-refractivity contribution in [2.24, 2.45) is 0 Å². The van der Waals surface area contributed by atoms with Crippen molar-refractivity contribution in [3.8, 4) is 0 Å². The number of hydrogen-bond acceptors (Lipinski definition) is 4. The van der Waals surface area contributed by atoms with Crippen molar-refractivity contribution in [3.05, 3.63) is 38.9 Å². The fraction of sp³-hybridized carbons (Fsp3) is 0.462. The number of nitro groups is 1. The smallest absolute Gasteiger partial charge is 0.283 e. The Morgan fingerprint density at radius 2 is 2.20 bits per heavy atom. The number of carbonyl (C=O) groups is 1. The monoisotopic (exact) mass is 298 g/mol. The van der Waals surface area contributed by atoms with Gasteiger partial charge >= 0.3 is 0 Å². The molecule has 0 spiro atoms. The molecule has 0 bridgehead atoms. The van der Waals surface area contributed by atoms with Crippen LogP contribution in [0.5, 0.6) is 0 Å². The van der Waals surface area contributed by atoms with Gasteiger partial charge in [-0.2, -0.15) is 0 Å². The summed E-state index contributed by atoms with van der Waals surface area (Å²) in [5, 5.41) is 21.2. The molecule has 1 fully saturated rings. The highest BCUT2D eigenvalue weighted by Crippen LogP contribution is 2.30. The van der Waals surface area contributed by atoms with Gasteiger partial charge in [0.25, 0.3) is 11.6 Å². The predicted octanol–water partition coefficient (Wildman–Crippen LogP) is 2.24. The molecule has 0 radical (unpaired) electrons. The lowest BCUT2D eigenvalue weighted by Gasteiger charge is -2.46. The van der Waals surface area contributed by atoms with E-state index in [1.165, 1.54) is 17.0 Å². The molecule has 1 aliphatic heterocycles. The number of carbonyl (C=O) groups excluding carboxylic acids is 1. The lowest BCUT2D eigenvalue weighted by molar-refractivity contribution is -0.385. The van der Waals surface area contributed by atoms with Gasteiger partial charge in [-0.1, -0.05) is 24.9 Å². The summed E-state index contributed by atoms with van der Waals surface area (Å²) in [6, 6.07) is 3.95. The number of hydrogen-bond donors (Lipinski definition) is 1. The standard InChI is InChI=1S/C13H15ClN2O4/c1-2-5-13(18)7-15(8-13)12(17)10-4-3-9(14)6-11(10)16(19)20/h3-4,6,18H,2,5,7-8H2,1H3. The number of amides is 1. The molecule has 1 saturated heterocycles. The molecular weight excluding hydrogens is 284 g/mol. The SMILES string of the molecule is CCCC1(O)CN(C(=O)c2ccc(Cl)cc2[N+](=O)[O-])C1. The van der Waals surface area contributed by atoms with Gasteiger partial charge in [-0.25, -0.2) is 0 Å². The first-order valence-corrected chi connectivity index (χ1v) is 6.70. The molecule has 108 valence electrons. The van der Waals surface area contributed by atoms with Crippen molar-refractivity contribution in [1.82, 2.24) is 4.90 Å². The molecular formula is C13H15ClN2O4. The number of nitrogens with zero attached hydrogens (tertiary/aromatic N) is 2. The quantitative estimate of drug-likeness (QED) is 0.682. The molecule has 1 amide bonds. The van der Waals surface area contributed by atoms with Crippen molar-refractivity contribution < 1.29 is 14.8 Å². The van der Waals surface area contributed by atoms with Crippen LogP contribution < -0.4 is 0 Å². The lowest BCUT2D eigenvalue weighted by atomic mass is 9.88. The average Bonchev–Trinajstić information content (AvgIpc) is 2.35. The van der Waals surface area contributed by atoms with E-state index in [0.717, 1.165) is 12.5 Å². The number of rotatable bonds is 4. The number of nitro benzene ring substituents is 1. The van der Waals surface area contributed by atoms with Gasteiger partial charge in [-0.3, -0.25) is 14.9 Å². The van der Waals surface area contributed by atoms with E-state index in [4.69, 9.17) is 11.6 Å². The third kappa shape index (κ3) is 2.76. The maximum atomic E-state index is 12.2. The first-order chi connectivity index (χ1) is 9.36. The van der Waals surface area contributed by atoms with E-state index in [1.54, 1.807) is 0 Å². The zero-order valence-electron chi connectivity index (χ0n) is 11.0. The van der Waals surface area contributed by atoms with Crippen molar-refractivity contribution in [2.45, 2.75) is 25.4 Å². The highest BCUT2D eigenvalue weighted by Gasteiger charge is 2.44. The van der Waals surface area contributed by atoms with Gasteiger partial charge in [0.2, 0.25) is 0 Å². The maximum Gasteiger partial charge on any atom is 0.283 e. The minimum absolute atomic E-state index is 0.00190. The van der Waals surface area contributed by atoms with E-state index in [9.17, 15) is 20.0 Å². The third-order valence-corrected chi connectivity index (χ3v) is 3.59. The Kier molecular flexibility index (Phi) is 3.96. The second kappa shape index (κ2) is 5.38. The Hall–Kier alpha value is -1.66. The lowest BCUT2D eigenvalue weighted by Crippen LogP contribution is -2.63. The summed E-state index contributed by atoms with van der Waals surface area (Å²) in [6.45, 7) is 2.37. The largest absolute Gasteiger partial charge is 0.386 e. The summed E-state index contributed by atoms with van der Waals surface area (Å²) in [7, 11) is 0. The Morgan fingerprint density at radius 3 is 2.75 bits per heavy atom. The predicted molar refractivity (Wildman–Crippen MR) is 73.9 cm³/mol. The molecule has 1 heterocycles. The van der Waals surface area contributed by atoms with E-state index in [2.05, 4.69) is 0 Å². The first kappa shape index (κ1) is 14.7. The van der Waals surface area contributed by atoms with Gasteiger partial charge in [0.1, 0.15) is 5.56 Å².